The lowest BCUT2D eigenvalue weighted by Gasteiger charge is -2.20. The van der Waals surface area contributed by atoms with Gasteiger partial charge in [-0.1, -0.05) is 12.1 Å². The van der Waals surface area contributed by atoms with E-state index in [-0.39, 0.29) is 5.92 Å². The summed E-state index contributed by atoms with van der Waals surface area (Å²) in [5, 5.41) is 18.0. The molecule has 7 nitrogen and oxygen atoms in total. The molecule has 1 aliphatic heterocycles. The Bertz CT molecular complexity index is 763. The Morgan fingerprint density at radius 1 is 1.16 bits per heavy atom. The molecular formula is C18H21N3O4. The van der Waals surface area contributed by atoms with Gasteiger partial charge in [0, 0.05) is 24.6 Å². The summed E-state index contributed by atoms with van der Waals surface area (Å²) >= 11 is 0. The summed E-state index contributed by atoms with van der Waals surface area (Å²) < 4.78 is 10.8. The maximum atomic E-state index is 11.8. The van der Waals surface area contributed by atoms with E-state index in [9.17, 15) is 9.90 Å². The number of benzene rings is 1. The van der Waals surface area contributed by atoms with Crippen molar-refractivity contribution < 1.29 is 19.4 Å². The highest BCUT2D eigenvalue weighted by atomic mass is 16.5. The smallest absolute Gasteiger partial charge is 0.308 e. The second-order valence-corrected chi connectivity index (χ2v) is 6.07. The number of hydrogen-bond acceptors (Lipinski definition) is 6. The normalized spacial score (nSPS) is 19.7. The lowest BCUT2D eigenvalue weighted by atomic mass is 9.88. The highest BCUT2D eigenvalue weighted by Gasteiger charge is 2.41. The van der Waals surface area contributed by atoms with E-state index in [2.05, 4.69) is 10.2 Å². The third-order valence-corrected chi connectivity index (χ3v) is 4.58. The fraction of sp³-hybridized carbons (Fsp3) is 0.389. The SMILES string of the molecule is COc1cccc([C@@H]2CN(c3ccc(C)nn3)C[C@H]2C(=O)O)c1OC. The monoisotopic (exact) mass is 343 g/mol. The molecule has 0 amide bonds. The molecule has 132 valence electrons. The molecule has 7 heteroatoms. The fourth-order valence-corrected chi connectivity index (χ4v) is 3.32. The molecule has 1 aliphatic rings. The minimum Gasteiger partial charge on any atom is -0.493 e. The van der Waals surface area contributed by atoms with Crippen molar-refractivity contribution in [2.75, 3.05) is 32.2 Å². The zero-order valence-electron chi connectivity index (χ0n) is 14.5. The van der Waals surface area contributed by atoms with Gasteiger partial charge in [-0.15, -0.1) is 5.10 Å². The molecule has 2 heterocycles. The van der Waals surface area contributed by atoms with Crippen LogP contribution in [0.1, 0.15) is 17.2 Å². The van der Waals surface area contributed by atoms with E-state index in [0.717, 1.165) is 11.3 Å². The first-order valence-electron chi connectivity index (χ1n) is 8.04. The van der Waals surface area contributed by atoms with Crippen LogP contribution in [0.2, 0.25) is 0 Å². The zero-order valence-corrected chi connectivity index (χ0v) is 14.5. The minimum atomic E-state index is -0.836. The van der Waals surface area contributed by atoms with Crippen molar-refractivity contribution in [1.29, 1.82) is 0 Å². The van der Waals surface area contributed by atoms with E-state index >= 15 is 0 Å². The summed E-state index contributed by atoms with van der Waals surface area (Å²) in [5.74, 6) is 0.226. The summed E-state index contributed by atoms with van der Waals surface area (Å²) in [6, 6.07) is 9.29. The summed E-state index contributed by atoms with van der Waals surface area (Å²) in [4.78, 5) is 13.8. The van der Waals surface area contributed by atoms with Crippen molar-refractivity contribution in [3.05, 3.63) is 41.6 Å². The number of para-hydroxylation sites is 1. The largest absolute Gasteiger partial charge is 0.493 e. The molecule has 0 bridgehead atoms. The number of aryl methyl sites for hydroxylation is 1. The molecule has 0 radical (unpaired) electrons. The van der Waals surface area contributed by atoms with Crippen molar-refractivity contribution in [3.63, 3.8) is 0 Å². The van der Waals surface area contributed by atoms with Crippen LogP contribution in [0.15, 0.2) is 30.3 Å². The van der Waals surface area contributed by atoms with Crippen molar-refractivity contribution >= 4 is 11.8 Å². The number of methoxy groups -OCH3 is 2. The van der Waals surface area contributed by atoms with Crippen LogP contribution < -0.4 is 14.4 Å². The fourth-order valence-electron chi connectivity index (χ4n) is 3.32. The summed E-state index contributed by atoms with van der Waals surface area (Å²) in [5.41, 5.74) is 1.65. The Morgan fingerprint density at radius 2 is 1.96 bits per heavy atom. The van der Waals surface area contributed by atoms with E-state index in [0.29, 0.717) is 30.4 Å². The molecule has 0 spiro atoms. The third-order valence-electron chi connectivity index (χ3n) is 4.58. The lowest BCUT2D eigenvalue weighted by molar-refractivity contribution is -0.141. The van der Waals surface area contributed by atoms with Gasteiger partial charge >= 0.3 is 5.97 Å². The zero-order chi connectivity index (χ0) is 18.0. The van der Waals surface area contributed by atoms with E-state index in [1.807, 2.05) is 36.1 Å². The number of anilines is 1. The number of hydrogen-bond donors (Lipinski definition) is 1. The van der Waals surface area contributed by atoms with Crippen LogP contribution in [0.5, 0.6) is 11.5 Å². The lowest BCUT2D eigenvalue weighted by Crippen LogP contribution is -2.24. The summed E-state index contributed by atoms with van der Waals surface area (Å²) in [6.45, 7) is 2.76. The molecule has 3 rings (SSSR count). The number of carboxylic acid groups (broad SMARTS) is 1. The van der Waals surface area contributed by atoms with Gasteiger partial charge in [-0.05, 0) is 25.1 Å². The van der Waals surface area contributed by atoms with Crippen LogP contribution in [-0.4, -0.2) is 48.6 Å². The molecule has 1 aromatic heterocycles. The van der Waals surface area contributed by atoms with Gasteiger partial charge in [-0.2, -0.15) is 5.10 Å². The number of rotatable bonds is 5. The first-order valence-corrected chi connectivity index (χ1v) is 8.04. The van der Waals surface area contributed by atoms with Gasteiger partial charge in [-0.3, -0.25) is 4.79 Å². The van der Waals surface area contributed by atoms with Gasteiger partial charge in [0.1, 0.15) is 0 Å². The standard InChI is InChI=1S/C18H21N3O4/c1-11-7-8-16(20-19-11)21-9-13(14(10-21)18(22)23)12-5-4-6-15(24-2)17(12)25-3/h4-8,13-14H,9-10H2,1-3H3,(H,22,23)/t13-,14+/m0/s1. The summed E-state index contributed by atoms with van der Waals surface area (Å²) in [6.07, 6.45) is 0. The van der Waals surface area contributed by atoms with E-state index in [1.165, 1.54) is 0 Å². The van der Waals surface area contributed by atoms with Crippen LogP contribution in [0, 0.1) is 12.8 Å². The van der Waals surface area contributed by atoms with Gasteiger partial charge in [0.05, 0.1) is 25.8 Å². The Kier molecular flexibility index (Phi) is 4.74. The Balaban J connectivity index is 1.97. The average Bonchev–Trinajstić information content (AvgIpc) is 3.07. The Hall–Kier alpha value is -2.83. The van der Waals surface area contributed by atoms with Gasteiger partial charge in [-0.25, -0.2) is 0 Å². The number of nitrogens with zero attached hydrogens (tertiary/aromatic N) is 3. The third kappa shape index (κ3) is 3.22. The Labute approximate surface area is 146 Å². The van der Waals surface area contributed by atoms with Crippen LogP contribution in [-0.2, 0) is 4.79 Å². The molecule has 0 unspecified atom stereocenters. The number of aromatic nitrogens is 2. The quantitative estimate of drug-likeness (QED) is 0.890. The van der Waals surface area contributed by atoms with Crippen molar-refractivity contribution in [2.45, 2.75) is 12.8 Å². The van der Waals surface area contributed by atoms with E-state index in [1.54, 1.807) is 20.3 Å². The topological polar surface area (TPSA) is 84.8 Å². The molecule has 2 atom stereocenters. The minimum absolute atomic E-state index is 0.231. The summed E-state index contributed by atoms with van der Waals surface area (Å²) in [7, 11) is 3.13. The average molecular weight is 343 g/mol. The van der Waals surface area contributed by atoms with Crippen LogP contribution >= 0.6 is 0 Å². The van der Waals surface area contributed by atoms with Gasteiger partial charge in [0.25, 0.3) is 0 Å². The van der Waals surface area contributed by atoms with Gasteiger partial charge in [0.2, 0.25) is 0 Å². The molecular weight excluding hydrogens is 322 g/mol. The number of carboxylic acids is 1. The molecule has 1 saturated heterocycles. The molecule has 25 heavy (non-hydrogen) atoms. The Morgan fingerprint density at radius 3 is 2.56 bits per heavy atom. The number of carbonyl (C=O) groups is 1. The first-order chi connectivity index (χ1) is 12.0. The molecule has 0 saturated carbocycles. The highest BCUT2D eigenvalue weighted by molar-refractivity contribution is 5.74. The van der Waals surface area contributed by atoms with Crippen LogP contribution in [0.3, 0.4) is 0 Å². The maximum Gasteiger partial charge on any atom is 0.308 e. The number of aliphatic carboxylic acids is 1. The highest BCUT2D eigenvalue weighted by Crippen LogP contribution is 2.42. The maximum absolute atomic E-state index is 11.8. The predicted molar refractivity (Wildman–Crippen MR) is 92.4 cm³/mol. The molecule has 1 aromatic carbocycles. The van der Waals surface area contributed by atoms with Crippen molar-refractivity contribution in [1.82, 2.24) is 10.2 Å². The second kappa shape index (κ2) is 6.96. The van der Waals surface area contributed by atoms with Crippen LogP contribution in [0.25, 0.3) is 0 Å². The van der Waals surface area contributed by atoms with E-state index in [4.69, 9.17) is 9.47 Å². The van der Waals surface area contributed by atoms with Crippen LogP contribution in [0.4, 0.5) is 5.82 Å². The molecule has 1 N–H and O–H groups in total. The molecule has 2 aromatic rings. The van der Waals surface area contributed by atoms with Crippen molar-refractivity contribution in [2.24, 2.45) is 5.92 Å². The number of ether oxygens (including phenoxy) is 2. The van der Waals surface area contributed by atoms with Gasteiger partial charge < -0.3 is 19.5 Å². The van der Waals surface area contributed by atoms with Crippen molar-refractivity contribution in [3.8, 4) is 11.5 Å². The molecule has 1 fully saturated rings. The second-order valence-electron chi connectivity index (χ2n) is 6.07. The molecule has 0 aliphatic carbocycles. The van der Waals surface area contributed by atoms with Gasteiger partial charge in [0.15, 0.2) is 17.3 Å². The van der Waals surface area contributed by atoms with E-state index < -0.39 is 11.9 Å². The first kappa shape index (κ1) is 17.0. The predicted octanol–water partition coefficient (Wildman–Crippen LogP) is 2.11.